The molecule has 1 unspecified atom stereocenters. The van der Waals surface area contributed by atoms with E-state index in [0.717, 1.165) is 0 Å². The molecule has 1 saturated carbocycles. The van der Waals surface area contributed by atoms with Gasteiger partial charge in [-0.15, -0.1) is 0 Å². The number of hydrogen-bond acceptors (Lipinski definition) is 2. The third kappa shape index (κ3) is 2.83. The molecule has 0 spiro atoms. The molecule has 1 aromatic carbocycles. The van der Waals surface area contributed by atoms with Crippen molar-refractivity contribution in [1.29, 1.82) is 0 Å². The van der Waals surface area contributed by atoms with E-state index in [9.17, 15) is 4.79 Å². The van der Waals surface area contributed by atoms with Crippen LogP contribution in [0.2, 0.25) is 0 Å². The fraction of sp³-hybridized carbons (Fsp3) is 0.462. The molecule has 0 aromatic heterocycles. The summed E-state index contributed by atoms with van der Waals surface area (Å²) in [5, 5.41) is 5.97. The first-order chi connectivity index (χ1) is 7.81. The molecule has 0 heterocycles. The number of carbonyl (C=O) groups excluding carboxylic acids is 1. The Morgan fingerprint density at radius 2 is 2.06 bits per heavy atom. The third-order valence-electron chi connectivity index (χ3n) is 3.01. The molecule has 16 heavy (non-hydrogen) atoms. The summed E-state index contributed by atoms with van der Waals surface area (Å²) in [5.74, 6) is 0.744. The molecule has 0 bridgehead atoms. The predicted molar refractivity (Wildman–Crippen MR) is 64.0 cm³/mol. The quantitative estimate of drug-likeness (QED) is 0.786. The lowest BCUT2D eigenvalue weighted by atomic mass is 10.0. The molecular formula is C13H18N2O. The van der Waals surface area contributed by atoms with Crippen LogP contribution in [-0.4, -0.2) is 19.5 Å². The normalized spacial score (nSPS) is 16.8. The van der Waals surface area contributed by atoms with Gasteiger partial charge in [-0.25, -0.2) is 0 Å². The van der Waals surface area contributed by atoms with Crippen LogP contribution in [0.4, 0.5) is 0 Å². The molecule has 1 aliphatic carbocycles. The van der Waals surface area contributed by atoms with Gasteiger partial charge in [0.2, 0.25) is 5.91 Å². The first kappa shape index (κ1) is 11.1. The first-order valence-electron chi connectivity index (χ1n) is 5.80. The average Bonchev–Trinajstić information content (AvgIpc) is 3.15. The topological polar surface area (TPSA) is 41.1 Å². The lowest BCUT2D eigenvalue weighted by molar-refractivity contribution is -0.119. The van der Waals surface area contributed by atoms with Crippen LogP contribution in [-0.2, 0) is 4.79 Å². The van der Waals surface area contributed by atoms with Gasteiger partial charge in [0.05, 0.1) is 6.54 Å². The van der Waals surface area contributed by atoms with Crippen LogP contribution < -0.4 is 10.6 Å². The van der Waals surface area contributed by atoms with Crippen LogP contribution in [0.15, 0.2) is 30.3 Å². The Bertz CT molecular complexity index is 346. The van der Waals surface area contributed by atoms with E-state index >= 15 is 0 Å². The largest absolute Gasteiger partial charge is 0.358 e. The summed E-state index contributed by atoms with van der Waals surface area (Å²) < 4.78 is 0. The Morgan fingerprint density at radius 1 is 1.38 bits per heavy atom. The molecule has 1 aliphatic rings. The molecule has 0 aliphatic heterocycles. The van der Waals surface area contributed by atoms with Gasteiger partial charge in [-0.1, -0.05) is 30.3 Å². The Kier molecular flexibility index (Phi) is 3.57. The second-order valence-electron chi connectivity index (χ2n) is 4.28. The zero-order valence-electron chi connectivity index (χ0n) is 9.57. The monoisotopic (exact) mass is 218 g/mol. The van der Waals surface area contributed by atoms with Crippen LogP contribution in [0.3, 0.4) is 0 Å². The van der Waals surface area contributed by atoms with Crippen molar-refractivity contribution in [3.8, 4) is 0 Å². The molecule has 2 N–H and O–H groups in total. The van der Waals surface area contributed by atoms with Gasteiger partial charge in [-0.3, -0.25) is 4.79 Å². The van der Waals surface area contributed by atoms with Gasteiger partial charge >= 0.3 is 0 Å². The standard InChI is InChI=1S/C13H18N2O/c1-14-12(16)9-15-13(11-7-8-11)10-5-3-2-4-6-10/h2-6,11,13,15H,7-9H2,1H3,(H,14,16). The fourth-order valence-corrected chi connectivity index (χ4v) is 1.94. The van der Waals surface area contributed by atoms with Crippen molar-refractivity contribution in [2.45, 2.75) is 18.9 Å². The van der Waals surface area contributed by atoms with Crippen molar-refractivity contribution >= 4 is 5.91 Å². The van der Waals surface area contributed by atoms with Gasteiger partial charge in [0.1, 0.15) is 0 Å². The average molecular weight is 218 g/mol. The molecule has 3 heteroatoms. The SMILES string of the molecule is CNC(=O)CNC(c1ccccc1)C1CC1. The van der Waals surface area contributed by atoms with Crippen LogP contribution in [0.1, 0.15) is 24.4 Å². The van der Waals surface area contributed by atoms with Crippen molar-refractivity contribution < 1.29 is 4.79 Å². The highest BCUT2D eigenvalue weighted by atomic mass is 16.1. The summed E-state index contributed by atoms with van der Waals surface area (Å²) in [6.07, 6.45) is 2.53. The second-order valence-corrected chi connectivity index (χ2v) is 4.28. The van der Waals surface area contributed by atoms with E-state index in [1.165, 1.54) is 18.4 Å². The number of likely N-dealkylation sites (N-methyl/N-ethyl adjacent to an activating group) is 1. The minimum Gasteiger partial charge on any atom is -0.358 e. The zero-order valence-corrected chi connectivity index (χ0v) is 9.57. The fourth-order valence-electron chi connectivity index (χ4n) is 1.94. The molecule has 0 radical (unpaired) electrons. The van der Waals surface area contributed by atoms with Gasteiger partial charge in [0.15, 0.2) is 0 Å². The van der Waals surface area contributed by atoms with Crippen molar-refractivity contribution in [3.63, 3.8) is 0 Å². The Hall–Kier alpha value is -1.35. The van der Waals surface area contributed by atoms with E-state index in [-0.39, 0.29) is 5.91 Å². The van der Waals surface area contributed by atoms with Crippen molar-refractivity contribution in [2.24, 2.45) is 5.92 Å². The molecular weight excluding hydrogens is 200 g/mol. The van der Waals surface area contributed by atoms with Crippen molar-refractivity contribution in [2.75, 3.05) is 13.6 Å². The summed E-state index contributed by atoms with van der Waals surface area (Å²) >= 11 is 0. The van der Waals surface area contributed by atoms with Gasteiger partial charge in [-0.2, -0.15) is 0 Å². The van der Waals surface area contributed by atoms with Crippen LogP contribution in [0.5, 0.6) is 0 Å². The minimum absolute atomic E-state index is 0.0431. The molecule has 1 fully saturated rings. The van der Waals surface area contributed by atoms with Crippen LogP contribution >= 0.6 is 0 Å². The molecule has 0 saturated heterocycles. The third-order valence-corrected chi connectivity index (χ3v) is 3.01. The summed E-state index contributed by atoms with van der Waals surface area (Å²) in [4.78, 5) is 11.2. The Labute approximate surface area is 96.2 Å². The summed E-state index contributed by atoms with van der Waals surface area (Å²) in [6.45, 7) is 0.395. The van der Waals surface area contributed by atoms with E-state index in [1.807, 2.05) is 18.2 Å². The summed E-state index contributed by atoms with van der Waals surface area (Å²) in [6, 6.07) is 10.7. The molecule has 2 rings (SSSR count). The van der Waals surface area contributed by atoms with Gasteiger partial charge < -0.3 is 10.6 Å². The maximum Gasteiger partial charge on any atom is 0.233 e. The summed E-state index contributed by atoms with van der Waals surface area (Å²) in [7, 11) is 1.67. The lowest BCUT2D eigenvalue weighted by Crippen LogP contribution is -2.34. The lowest BCUT2D eigenvalue weighted by Gasteiger charge is -2.18. The molecule has 1 atom stereocenters. The smallest absolute Gasteiger partial charge is 0.233 e. The number of rotatable bonds is 5. The highest BCUT2D eigenvalue weighted by Crippen LogP contribution is 2.40. The van der Waals surface area contributed by atoms with Crippen molar-refractivity contribution in [3.05, 3.63) is 35.9 Å². The van der Waals surface area contributed by atoms with Gasteiger partial charge in [-0.05, 0) is 24.3 Å². The predicted octanol–water partition coefficient (Wildman–Crippen LogP) is 1.47. The van der Waals surface area contributed by atoms with E-state index in [0.29, 0.717) is 18.5 Å². The molecule has 86 valence electrons. The summed E-state index contributed by atoms with van der Waals surface area (Å²) in [5.41, 5.74) is 1.29. The van der Waals surface area contributed by atoms with Crippen LogP contribution in [0.25, 0.3) is 0 Å². The second kappa shape index (κ2) is 5.12. The van der Waals surface area contributed by atoms with E-state index in [2.05, 4.69) is 22.8 Å². The number of hydrogen-bond donors (Lipinski definition) is 2. The maximum absolute atomic E-state index is 11.2. The van der Waals surface area contributed by atoms with Crippen molar-refractivity contribution in [1.82, 2.24) is 10.6 Å². The highest BCUT2D eigenvalue weighted by Gasteiger charge is 2.31. The molecule has 3 nitrogen and oxygen atoms in total. The zero-order chi connectivity index (χ0) is 11.4. The van der Waals surface area contributed by atoms with Crippen LogP contribution in [0, 0.1) is 5.92 Å². The first-order valence-corrected chi connectivity index (χ1v) is 5.80. The number of benzene rings is 1. The maximum atomic E-state index is 11.2. The molecule has 1 aromatic rings. The Balaban J connectivity index is 1.98. The number of amides is 1. The minimum atomic E-state index is 0.0431. The number of nitrogens with one attached hydrogen (secondary N) is 2. The van der Waals surface area contributed by atoms with Gasteiger partial charge in [0.25, 0.3) is 0 Å². The Morgan fingerprint density at radius 3 is 2.62 bits per heavy atom. The van der Waals surface area contributed by atoms with Gasteiger partial charge in [0, 0.05) is 13.1 Å². The number of carbonyl (C=O) groups is 1. The van der Waals surface area contributed by atoms with E-state index < -0.39 is 0 Å². The highest BCUT2D eigenvalue weighted by molar-refractivity contribution is 5.77. The van der Waals surface area contributed by atoms with E-state index in [1.54, 1.807) is 7.05 Å². The molecule has 1 amide bonds. The van der Waals surface area contributed by atoms with E-state index in [4.69, 9.17) is 0 Å².